The van der Waals surface area contributed by atoms with Crippen LogP contribution < -0.4 is 16.8 Å². The molecule has 0 radical (unpaired) electrons. The third-order valence-electron chi connectivity index (χ3n) is 1.44. The van der Waals surface area contributed by atoms with E-state index in [0.29, 0.717) is 5.82 Å². The van der Waals surface area contributed by atoms with Gasteiger partial charge in [0.15, 0.2) is 5.82 Å². The number of rotatable bonds is 3. The molecule has 12 heavy (non-hydrogen) atoms. The van der Waals surface area contributed by atoms with Crippen molar-refractivity contribution in [3.8, 4) is 0 Å². The van der Waals surface area contributed by atoms with E-state index in [1.165, 1.54) is 11.5 Å². The summed E-state index contributed by atoms with van der Waals surface area (Å²) < 4.78 is 4.07. The molecule has 68 valence electrons. The molecular weight excluding hydrogens is 174 g/mol. The molecule has 1 aromatic rings. The van der Waals surface area contributed by atoms with Crippen molar-refractivity contribution in [2.24, 2.45) is 11.5 Å². The first-order valence-electron chi connectivity index (χ1n) is 3.67. The van der Waals surface area contributed by atoms with E-state index < -0.39 is 0 Å². The molecule has 0 bridgehead atoms. The number of nitrogens with zero attached hydrogens (tertiary/aromatic N) is 2. The first-order chi connectivity index (χ1) is 5.65. The smallest absolute Gasteiger partial charge is 0.159 e. The van der Waals surface area contributed by atoms with Crippen LogP contribution in [0.15, 0.2) is 0 Å². The zero-order chi connectivity index (χ0) is 9.14. The van der Waals surface area contributed by atoms with Gasteiger partial charge >= 0.3 is 0 Å². The van der Waals surface area contributed by atoms with E-state index >= 15 is 0 Å². The van der Waals surface area contributed by atoms with Gasteiger partial charge in [0.1, 0.15) is 11.2 Å². The lowest BCUT2D eigenvalue weighted by Crippen LogP contribution is -2.24. The Morgan fingerprint density at radius 3 is 2.58 bits per heavy atom. The van der Waals surface area contributed by atoms with Crippen LogP contribution in [0.4, 0.5) is 0 Å². The molecule has 0 aromatic carbocycles. The Balaban J connectivity index is 2.77. The van der Waals surface area contributed by atoms with E-state index in [1.807, 2.05) is 6.92 Å². The van der Waals surface area contributed by atoms with Crippen molar-refractivity contribution in [1.29, 1.82) is 0 Å². The second kappa shape index (κ2) is 3.90. The van der Waals surface area contributed by atoms with E-state index in [1.54, 1.807) is 7.05 Å². The molecule has 0 aliphatic rings. The highest BCUT2D eigenvalue weighted by Crippen LogP contribution is 2.13. The van der Waals surface area contributed by atoms with Gasteiger partial charge in [-0.25, -0.2) is 4.98 Å². The highest BCUT2D eigenvalue weighted by atomic mass is 32.1. The van der Waals surface area contributed by atoms with Crippen molar-refractivity contribution in [3.05, 3.63) is 10.8 Å². The Morgan fingerprint density at radius 2 is 2.17 bits per heavy atom. The van der Waals surface area contributed by atoms with Crippen molar-refractivity contribution >= 4 is 11.5 Å². The summed E-state index contributed by atoms with van der Waals surface area (Å²) in [6.07, 6.45) is -0.241. The number of nitrogens with one attached hydrogen (secondary N) is 1. The van der Waals surface area contributed by atoms with Crippen molar-refractivity contribution in [2.45, 2.75) is 19.1 Å². The van der Waals surface area contributed by atoms with E-state index in [4.69, 9.17) is 11.5 Å². The number of aromatic nitrogens is 2. The van der Waals surface area contributed by atoms with Crippen LogP contribution in [0.5, 0.6) is 0 Å². The third kappa shape index (κ3) is 1.98. The minimum atomic E-state index is -0.241. The molecule has 2 atom stereocenters. The first kappa shape index (κ1) is 9.53. The van der Waals surface area contributed by atoms with E-state index in [0.717, 1.165) is 5.01 Å². The monoisotopic (exact) mass is 187 g/mol. The van der Waals surface area contributed by atoms with Gasteiger partial charge in [0.2, 0.25) is 0 Å². The number of hydrogen-bond donors (Lipinski definition) is 3. The fourth-order valence-electron chi connectivity index (χ4n) is 0.682. The lowest BCUT2D eigenvalue weighted by Gasteiger charge is -2.03. The molecular formula is C6H13N5S. The molecule has 5 nitrogen and oxygen atoms in total. The Hall–Kier alpha value is -0.560. The Morgan fingerprint density at radius 1 is 1.50 bits per heavy atom. The zero-order valence-corrected chi connectivity index (χ0v) is 7.93. The first-order valence-corrected chi connectivity index (χ1v) is 4.44. The van der Waals surface area contributed by atoms with Gasteiger partial charge in [-0.15, -0.1) is 0 Å². The van der Waals surface area contributed by atoms with E-state index in [9.17, 15) is 0 Å². The van der Waals surface area contributed by atoms with E-state index in [-0.39, 0.29) is 12.2 Å². The predicted octanol–water partition coefficient (Wildman–Crippen LogP) is -0.266. The summed E-state index contributed by atoms with van der Waals surface area (Å²) in [7, 11) is 1.78. The van der Waals surface area contributed by atoms with Crippen LogP contribution in [0.2, 0.25) is 0 Å². The summed E-state index contributed by atoms with van der Waals surface area (Å²) >= 11 is 1.28. The SMILES string of the molecule is CNC(N)c1nc(C(C)N)ns1. The van der Waals surface area contributed by atoms with Gasteiger partial charge in [-0.05, 0) is 25.5 Å². The van der Waals surface area contributed by atoms with Crippen LogP contribution in [-0.4, -0.2) is 16.4 Å². The molecule has 0 fully saturated rings. The highest BCUT2D eigenvalue weighted by Gasteiger charge is 2.11. The Kier molecular flexibility index (Phi) is 3.10. The van der Waals surface area contributed by atoms with Crippen LogP contribution in [0.3, 0.4) is 0 Å². The van der Waals surface area contributed by atoms with Gasteiger partial charge in [-0.2, -0.15) is 4.37 Å². The minimum absolute atomic E-state index is 0.126. The molecule has 2 unspecified atom stereocenters. The van der Waals surface area contributed by atoms with Crippen molar-refractivity contribution in [1.82, 2.24) is 14.7 Å². The molecule has 0 spiro atoms. The molecule has 6 heteroatoms. The number of hydrogen-bond acceptors (Lipinski definition) is 6. The van der Waals surface area contributed by atoms with Crippen molar-refractivity contribution in [2.75, 3.05) is 7.05 Å². The maximum absolute atomic E-state index is 5.66. The second-order valence-electron chi connectivity index (χ2n) is 2.55. The summed E-state index contributed by atoms with van der Waals surface area (Å²) in [5.74, 6) is 0.653. The normalized spacial score (nSPS) is 16.0. The summed E-state index contributed by atoms with van der Waals surface area (Å²) in [4.78, 5) is 4.18. The van der Waals surface area contributed by atoms with Crippen LogP contribution in [0.1, 0.15) is 30.0 Å². The molecule has 1 rings (SSSR count). The zero-order valence-electron chi connectivity index (χ0n) is 7.11. The molecule has 0 aliphatic heterocycles. The lowest BCUT2D eigenvalue weighted by atomic mass is 10.3. The fourth-order valence-corrected chi connectivity index (χ4v) is 1.44. The maximum atomic E-state index is 5.66. The topological polar surface area (TPSA) is 89.8 Å². The maximum Gasteiger partial charge on any atom is 0.159 e. The Bertz CT molecular complexity index is 246. The predicted molar refractivity (Wildman–Crippen MR) is 48.5 cm³/mol. The summed E-state index contributed by atoms with van der Waals surface area (Å²) in [5, 5.41) is 3.65. The summed E-state index contributed by atoms with van der Waals surface area (Å²) in [5.41, 5.74) is 11.3. The van der Waals surface area contributed by atoms with Crippen molar-refractivity contribution < 1.29 is 0 Å². The average Bonchev–Trinajstić information content (AvgIpc) is 2.51. The second-order valence-corrected chi connectivity index (χ2v) is 3.33. The summed E-state index contributed by atoms with van der Waals surface area (Å²) in [6.45, 7) is 1.84. The van der Waals surface area contributed by atoms with Crippen LogP contribution in [0, 0.1) is 0 Å². The van der Waals surface area contributed by atoms with Crippen LogP contribution in [0.25, 0.3) is 0 Å². The average molecular weight is 187 g/mol. The minimum Gasteiger partial charge on any atom is -0.322 e. The number of nitrogens with two attached hydrogens (primary N) is 2. The molecule has 0 aliphatic carbocycles. The van der Waals surface area contributed by atoms with Gasteiger partial charge in [-0.1, -0.05) is 0 Å². The van der Waals surface area contributed by atoms with E-state index in [2.05, 4.69) is 14.7 Å². The highest BCUT2D eigenvalue weighted by molar-refractivity contribution is 7.05. The third-order valence-corrected chi connectivity index (χ3v) is 2.25. The quantitative estimate of drug-likeness (QED) is 0.567. The fraction of sp³-hybridized carbons (Fsp3) is 0.667. The molecule has 0 saturated carbocycles. The molecule has 1 heterocycles. The molecule has 0 saturated heterocycles. The molecule has 5 N–H and O–H groups in total. The van der Waals surface area contributed by atoms with Gasteiger partial charge in [0.25, 0.3) is 0 Å². The van der Waals surface area contributed by atoms with Gasteiger partial charge < -0.3 is 11.5 Å². The standard InChI is InChI=1S/C6H13N5S/c1-3(7)5-10-6(12-11-5)4(8)9-2/h3-4,9H,7-8H2,1-2H3. The van der Waals surface area contributed by atoms with Gasteiger partial charge in [0, 0.05) is 0 Å². The lowest BCUT2D eigenvalue weighted by molar-refractivity contribution is 0.612. The summed E-state index contributed by atoms with van der Waals surface area (Å²) in [6, 6.07) is -0.126. The Labute approximate surface area is 75.3 Å². The molecule has 1 aromatic heterocycles. The van der Waals surface area contributed by atoms with Crippen LogP contribution >= 0.6 is 11.5 Å². The molecule has 0 amide bonds. The van der Waals surface area contributed by atoms with Crippen molar-refractivity contribution in [3.63, 3.8) is 0 Å². The largest absolute Gasteiger partial charge is 0.322 e. The van der Waals surface area contributed by atoms with Gasteiger partial charge in [0.05, 0.1) is 6.04 Å². The van der Waals surface area contributed by atoms with Gasteiger partial charge in [-0.3, -0.25) is 5.32 Å². The van der Waals surface area contributed by atoms with Crippen LogP contribution in [-0.2, 0) is 0 Å².